The van der Waals surface area contributed by atoms with Gasteiger partial charge < -0.3 is 14.7 Å². The van der Waals surface area contributed by atoms with Crippen LogP contribution < -0.4 is 4.90 Å². The molecule has 2 fully saturated rings. The van der Waals surface area contributed by atoms with Gasteiger partial charge in [-0.2, -0.15) is 10.4 Å². The number of hydrogen-bond donors (Lipinski definition) is 0. The Kier molecular flexibility index (Phi) is 8.36. The summed E-state index contributed by atoms with van der Waals surface area (Å²) in [6.45, 7) is 18.4. The van der Waals surface area contributed by atoms with E-state index < -0.39 is 0 Å². The van der Waals surface area contributed by atoms with Gasteiger partial charge in [-0.15, -0.1) is 5.10 Å². The molecule has 2 aliphatic rings. The Morgan fingerprint density at radius 3 is 2.32 bits per heavy atom. The van der Waals surface area contributed by atoms with E-state index in [0.717, 1.165) is 55.1 Å². The van der Waals surface area contributed by atoms with Crippen LogP contribution in [0.15, 0.2) is 59.3 Å². The number of rotatable bonds is 6. The van der Waals surface area contributed by atoms with Crippen LogP contribution in [0.4, 0.5) is 5.69 Å². The van der Waals surface area contributed by atoms with Gasteiger partial charge in [0.2, 0.25) is 0 Å². The van der Waals surface area contributed by atoms with Crippen molar-refractivity contribution >= 4 is 24.1 Å². The molecule has 2 aromatic carbocycles. The predicted molar refractivity (Wildman–Crippen MR) is 149 cm³/mol. The molecule has 0 unspecified atom stereocenters. The summed E-state index contributed by atoms with van der Waals surface area (Å²) in [5, 5.41) is 17.1. The summed E-state index contributed by atoms with van der Waals surface area (Å²) in [5.74, 6) is 0.766. The summed E-state index contributed by atoms with van der Waals surface area (Å²) >= 11 is 0. The number of amides is 1. The average molecular weight is 498 g/mol. The fourth-order valence-electron chi connectivity index (χ4n) is 5.20. The third-order valence-corrected chi connectivity index (χ3v) is 7.43. The zero-order chi connectivity index (χ0) is 26.4. The first-order valence-electron chi connectivity index (χ1n) is 12.7. The first kappa shape index (κ1) is 26.1. The minimum absolute atomic E-state index is 0.0790. The highest BCUT2D eigenvalue weighted by atomic mass is 16.2. The van der Waals surface area contributed by atoms with Crippen molar-refractivity contribution in [1.29, 1.82) is 5.26 Å². The fraction of sp³-hybridized carbons (Fsp3) is 0.379. The van der Waals surface area contributed by atoms with Crippen molar-refractivity contribution < 1.29 is 4.79 Å². The number of nitrogens with zero attached hydrogens (tertiary/aromatic N) is 7. The fourth-order valence-corrected chi connectivity index (χ4v) is 5.20. The topological polar surface area (TPSA) is 78.5 Å². The van der Waals surface area contributed by atoms with E-state index in [-0.39, 0.29) is 5.91 Å². The molecule has 0 bridgehead atoms. The lowest BCUT2D eigenvalue weighted by Gasteiger charge is -2.37. The molecule has 37 heavy (non-hydrogen) atoms. The van der Waals surface area contributed by atoms with Gasteiger partial charge in [-0.3, -0.25) is 9.69 Å². The molecule has 0 spiro atoms. The van der Waals surface area contributed by atoms with Gasteiger partial charge in [0.05, 0.1) is 11.3 Å². The van der Waals surface area contributed by atoms with Crippen LogP contribution in [0, 0.1) is 25.2 Å². The van der Waals surface area contributed by atoms with E-state index in [2.05, 4.69) is 64.2 Å². The number of anilines is 1. The van der Waals surface area contributed by atoms with Crippen molar-refractivity contribution in [1.82, 2.24) is 14.7 Å². The van der Waals surface area contributed by atoms with E-state index in [1.807, 2.05) is 35.2 Å². The van der Waals surface area contributed by atoms with Gasteiger partial charge >= 0.3 is 0 Å². The molecule has 2 saturated heterocycles. The molecule has 8 heteroatoms. The van der Waals surface area contributed by atoms with E-state index in [1.165, 1.54) is 11.1 Å². The molecule has 2 heterocycles. The molecule has 0 aromatic heterocycles. The van der Waals surface area contributed by atoms with E-state index in [4.69, 9.17) is 0 Å². The third-order valence-electron chi connectivity index (χ3n) is 7.43. The minimum Gasteiger partial charge on any atom is -0.368 e. The summed E-state index contributed by atoms with van der Waals surface area (Å²) in [4.78, 5) is 22.2. The molecule has 0 saturated carbocycles. The van der Waals surface area contributed by atoms with Crippen LogP contribution in [0.2, 0.25) is 0 Å². The number of carbonyl (C=O) groups is 1. The van der Waals surface area contributed by atoms with Crippen LogP contribution in [0.25, 0.3) is 0 Å². The van der Waals surface area contributed by atoms with Gasteiger partial charge in [-0.25, -0.2) is 0 Å². The minimum atomic E-state index is 0.0790. The van der Waals surface area contributed by atoms with E-state index in [1.54, 1.807) is 6.08 Å². The molecule has 0 atom stereocenters. The number of hydrogen-bond acceptors (Lipinski definition) is 6. The van der Waals surface area contributed by atoms with Gasteiger partial charge in [-0.1, -0.05) is 24.8 Å². The van der Waals surface area contributed by atoms with Gasteiger partial charge in [0, 0.05) is 71.2 Å². The molecule has 2 aliphatic heterocycles. The second-order valence-corrected chi connectivity index (χ2v) is 9.51. The molecule has 0 N–H and O–H groups in total. The van der Waals surface area contributed by atoms with Crippen molar-refractivity contribution in [2.24, 2.45) is 10.2 Å². The number of piperazine rings is 2. The summed E-state index contributed by atoms with van der Waals surface area (Å²) in [6, 6.07) is 14.2. The number of para-hydroxylation sites is 1. The summed E-state index contributed by atoms with van der Waals surface area (Å²) in [7, 11) is 0. The molecule has 0 radical (unpaired) electrons. The monoisotopic (exact) mass is 497 g/mol. The maximum absolute atomic E-state index is 13.5. The molecular weight excluding hydrogens is 462 g/mol. The van der Waals surface area contributed by atoms with Crippen molar-refractivity contribution in [3.63, 3.8) is 0 Å². The number of nitriles is 1. The predicted octanol–water partition coefficient (Wildman–Crippen LogP) is 3.46. The lowest BCUT2D eigenvalue weighted by Crippen LogP contribution is -2.50. The van der Waals surface area contributed by atoms with Gasteiger partial charge in [0.15, 0.2) is 5.84 Å². The Bertz CT molecular complexity index is 1230. The number of benzene rings is 2. The Morgan fingerprint density at radius 2 is 1.68 bits per heavy atom. The average Bonchev–Trinajstić information content (AvgIpc) is 2.94. The van der Waals surface area contributed by atoms with E-state index >= 15 is 0 Å². The number of carbonyl (C=O) groups excluding carboxylic acids is 1. The third kappa shape index (κ3) is 5.73. The largest absolute Gasteiger partial charge is 0.368 e. The molecule has 192 valence electrons. The van der Waals surface area contributed by atoms with Crippen LogP contribution in [0.1, 0.15) is 32.6 Å². The van der Waals surface area contributed by atoms with Crippen LogP contribution in [0.5, 0.6) is 0 Å². The van der Waals surface area contributed by atoms with Crippen LogP contribution >= 0.6 is 0 Å². The Labute approximate surface area is 219 Å². The highest BCUT2D eigenvalue weighted by Gasteiger charge is 2.26. The second-order valence-electron chi connectivity index (χ2n) is 9.51. The van der Waals surface area contributed by atoms with Gasteiger partial charge in [0.1, 0.15) is 6.07 Å². The highest BCUT2D eigenvalue weighted by Crippen LogP contribution is 2.25. The number of amidine groups is 1. The lowest BCUT2D eigenvalue weighted by atomic mass is 9.96. The highest BCUT2D eigenvalue weighted by molar-refractivity contribution is 5.97. The molecule has 2 aromatic rings. The van der Waals surface area contributed by atoms with Gasteiger partial charge in [-0.05, 0) is 54.8 Å². The normalized spacial score (nSPS) is 16.9. The standard InChI is InChI=1S/C29H35N7O/c1-5-28(32-31-4)35-16-18-36(19-17-35)29(37)25-11-10-22(2)26(23(25)3)21-33-12-14-34(15-13-33)27-9-7-6-8-24(27)20-30/h5-11H,1,4,12-19,21H2,2-3H3/b32-28+. The van der Waals surface area contributed by atoms with Gasteiger partial charge in [0.25, 0.3) is 5.91 Å². The maximum Gasteiger partial charge on any atom is 0.254 e. The van der Waals surface area contributed by atoms with Crippen LogP contribution in [0.3, 0.4) is 0 Å². The summed E-state index contributed by atoms with van der Waals surface area (Å²) in [6.07, 6.45) is 1.67. The molecule has 0 aliphatic carbocycles. The van der Waals surface area contributed by atoms with Crippen molar-refractivity contribution in [3.05, 3.63) is 76.9 Å². The smallest absolute Gasteiger partial charge is 0.254 e. The van der Waals surface area contributed by atoms with Crippen molar-refractivity contribution in [2.75, 3.05) is 57.3 Å². The number of aryl methyl sites for hydroxylation is 1. The quantitative estimate of drug-likeness (QED) is 0.347. The molecular formula is C29H35N7O. The lowest BCUT2D eigenvalue weighted by molar-refractivity contribution is 0.0691. The SMILES string of the molecule is C=C/C(=N\N=C)N1CCN(C(=O)c2ccc(C)c(CN3CCN(c4ccccc4C#N)CC3)c2C)CC1. The Hall–Kier alpha value is -3.96. The first-order valence-corrected chi connectivity index (χ1v) is 12.7. The Morgan fingerprint density at radius 1 is 1.00 bits per heavy atom. The maximum atomic E-state index is 13.5. The first-order chi connectivity index (χ1) is 18.0. The summed E-state index contributed by atoms with van der Waals surface area (Å²) < 4.78 is 0. The van der Waals surface area contributed by atoms with Crippen molar-refractivity contribution in [2.45, 2.75) is 20.4 Å². The molecule has 4 rings (SSSR count). The molecule has 1 amide bonds. The summed E-state index contributed by atoms with van der Waals surface area (Å²) in [5.41, 5.74) is 6.01. The van der Waals surface area contributed by atoms with Crippen LogP contribution in [-0.2, 0) is 6.54 Å². The van der Waals surface area contributed by atoms with Crippen molar-refractivity contribution in [3.8, 4) is 6.07 Å². The van der Waals surface area contributed by atoms with Crippen LogP contribution in [-0.4, -0.2) is 85.5 Å². The zero-order valence-electron chi connectivity index (χ0n) is 21.9. The Balaban J connectivity index is 1.41. The molecule has 8 nitrogen and oxygen atoms in total. The second kappa shape index (κ2) is 11.8. The zero-order valence-corrected chi connectivity index (χ0v) is 21.9. The van der Waals surface area contributed by atoms with E-state index in [9.17, 15) is 10.1 Å². The van der Waals surface area contributed by atoms with E-state index in [0.29, 0.717) is 32.0 Å².